The summed E-state index contributed by atoms with van der Waals surface area (Å²) in [7, 11) is 0. The predicted molar refractivity (Wildman–Crippen MR) is 95.9 cm³/mol. The van der Waals surface area contributed by atoms with Crippen LogP contribution in [-0.2, 0) is 11.2 Å². The van der Waals surface area contributed by atoms with Gasteiger partial charge in [-0.25, -0.2) is 0 Å². The molecule has 1 amide bonds. The lowest BCUT2D eigenvalue weighted by Gasteiger charge is -2.24. The van der Waals surface area contributed by atoms with E-state index in [0.717, 1.165) is 36.5 Å². The number of thiophene rings is 1. The van der Waals surface area contributed by atoms with Crippen molar-refractivity contribution in [3.05, 3.63) is 46.7 Å². The molecular formula is C18H24N2OS. The summed E-state index contributed by atoms with van der Waals surface area (Å²) >= 11 is 1.61. The molecule has 22 heavy (non-hydrogen) atoms. The zero-order valence-corrected chi connectivity index (χ0v) is 14.2. The molecule has 2 rings (SSSR count). The molecule has 0 bridgehead atoms. The minimum atomic E-state index is 0.0363. The van der Waals surface area contributed by atoms with Gasteiger partial charge in [-0.2, -0.15) is 0 Å². The second-order valence-electron chi connectivity index (χ2n) is 5.34. The van der Waals surface area contributed by atoms with E-state index in [1.807, 2.05) is 29.6 Å². The largest absolute Gasteiger partial charge is 0.372 e. The highest BCUT2D eigenvalue weighted by molar-refractivity contribution is 7.10. The molecule has 0 saturated carbocycles. The molecule has 0 aliphatic carbocycles. The Bertz CT molecular complexity index is 557. The van der Waals surface area contributed by atoms with E-state index in [-0.39, 0.29) is 5.91 Å². The van der Waals surface area contributed by atoms with Crippen molar-refractivity contribution in [2.45, 2.75) is 33.1 Å². The van der Waals surface area contributed by atoms with Gasteiger partial charge in [0.1, 0.15) is 0 Å². The quantitative estimate of drug-likeness (QED) is 0.774. The number of hydrogen-bond donors (Lipinski definition) is 1. The summed E-state index contributed by atoms with van der Waals surface area (Å²) in [6.45, 7) is 6.53. The van der Waals surface area contributed by atoms with Gasteiger partial charge >= 0.3 is 0 Å². The van der Waals surface area contributed by atoms with Crippen LogP contribution in [0.25, 0.3) is 0 Å². The summed E-state index contributed by atoms with van der Waals surface area (Å²) in [5.74, 6) is 0.0363. The van der Waals surface area contributed by atoms with Crippen LogP contribution in [0.3, 0.4) is 0 Å². The molecule has 0 spiro atoms. The van der Waals surface area contributed by atoms with Gasteiger partial charge in [-0.1, -0.05) is 19.9 Å². The Hall–Kier alpha value is -1.81. The maximum absolute atomic E-state index is 12.0. The molecule has 1 heterocycles. The molecule has 3 nitrogen and oxygen atoms in total. The summed E-state index contributed by atoms with van der Waals surface area (Å²) in [6.07, 6.45) is 2.72. The van der Waals surface area contributed by atoms with Gasteiger partial charge in [0, 0.05) is 29.3 Å². The molecule has 0 saturated heterocycles. The average Bonchev–Trinajstić information content (AvgIpc) is 3.00. The number of carbonyl (C=O) groups excluding carboxylic acids is 1. The third-order valence-corrected chi connectivity index (χ3v) is 4.29. The van der Waals surface area contributed by atoms with E-state index in [9.17, 15) is 4.79 Å². The van der Waals surface area contributed by atoms with Gasteiger partial charge in [-0.05, 0) is 48.6 Å². The lowest BCUT2D eigenvalue weighted by atomic mass is 10.2. The van der Waals surface area contributed by atoms with Gasteiger partial charge in [0.2, 0.25) is 5.91 Å². The van der Waals surface area contributed by atoms with Crippen molar-refractivity contribution >= 4 is 28.6 Å². The minimum Gasteiger partial charge on any atom is -0.372 e. The number of anilines is 2. The zero-order chi connectivity index (χ0) is 15.8. The summed E-state index contributed by atoms with van der Waals surface area (Å²) < 4.78 is 0. The summed E-state index contributed by atoms with van der Waals surface area (Å²) in [6, 6.07) is 12.1. The van der Waals surface area contributed by atoms with E-state index < -0.39 is 0 Å². The van der Waals surface area contributed by atoms with Gasteiger partial charge in [-0.15, -0.1) is 11.3 Å². The molecule has 2 aromatic rings. The molecular weight excluding hydrogens is 292 g/mol. The molecule has 1 aromatic heterocycles. The smallest absolute Gasteiger partial charge is 0.229 e. The van der Waals surface area contributed by atoms with Crippen molar-refractivity contribution in [1.29, 1.82) is 0 Å². The van der Waals surface area contributed by atoms with E-state index in [4.69, 9.17) is 0 Å². The fourth-order valence-corrected chi connectivity index (χ4v) is 3.15. The molecule has 1 N–H and O–H groups in total. The number of nitrogens with zero attached hydrogens (tertiary/aromatic N) is 1. The van der Waals surface area contributed by atoms with Crippen molar-refractivity contribution in [3.8, 4) is 0 Å². The molecule has 0 unspecified atom stereocenters. The summed E-state index contributed by atoms with van der Waals surface area (Å²) in [5, 5.41) is 4.95. The SMILES string of the molecule is CCCN(CCC)c1ccc(NC(=O)Cc2cccs2)cc1. The lowest BCUT2D eigenvalue weighted by molar-refractivity contribution is -0.115. The number of amides is 1. The molecule has 0 fully saturated rings. The Labute approximate surface area is 137 Å². The van der Waals surface area contributed by atoms with Crippen LogP contribution in [0.1, 0.15) is 31.6 Å². The molecule has 4 heteroatoms. The molecule has 118 valence electrons. The molecule has 0 atom stereocenters. The van der Waals surface area contributed by atoms with Crippen molar-refractivity contribution in [2.24, 2.45) is 0 Å². The number of benzene rings is 1. The number of rotatable bonds is 8. The Morgan fingerprint density at radius 2 is 1.77 bits per heavy atom. The fraction of sp³-hybridized carbons (Fsp3) is 0.389. The Morgan fingerprint density at radius 3 is 2.32 bits per heavy atom. The first-order valence-electron chi connectivity index (χ1n) is 7.90. The highest BCUT2D eigenvalue weighted by Crippen LogP contribution is 2.19. The van der Waals surface area contributed by atoms with E-state index >= 15 is 0 Å². The van der Waals surface area contributed by atoms with Gasteiger partial charge in [-0.3, -0.25) is 4.79 Å². The lowest BCUT2D eigenvalue weighted by Crippen LogP contribution is -2.24. The van der Waals surface area contributed by atoms with Crippen molar-refractivity contribution < 1.29 is 4.79 Å². The van der Waals surface area contributed by atoms with E-state index in [0.29, 0.717) is 6.42 Å². The van der Waals surface area contributed by atoms with Crippen molar-refractivity contribution in [2.75, 3.05) is 23.3 Å². The van der Waals surface area contributed by atoms with Gasteiger partial charge in [0.05, 0.1) is 6.42 Å². The number of carbonyl (C=O) groups is 1. The molecule has 1 aromatic carbocycles. The minimum absolute atomic E-state index is 0.0363. The maximum Gasteiger partial charge on any atom is 0.229 e. The summed E-state index contributed by atoms with van der Waals surface area (Å²) in [5.41, 5.74) is 2.08. The average molecular weight is 316 g/mol. The first kappa shape index (κ1) is 16.6. The normalized spacial score (nSPS) is 10.5. The number of hydrogen-bond acceptors (Lipinski definition) is 3. The predicted octanol–water partition coefficient (Wildman–Crippen LogP) is 4.56. The second-order valence-corrected chi connectivity index (χ2v) is 6.37. The molecule has 0 aliphatic heterocycles. The highest BCUT2D eigenvalue weighted by atomic mass is 32.1. The first-order chi connectivity index (χ1) is 10.7. The van der Waals surface area contributed by atoms with Crippen LogP contribution >= 0.6 is 11.3 Å². The third kappa shape index (κ3) is 4.88. The van der Waals surface area contributed by atoms with Crippen LogP contribution in [-0.4, -0.2) is 19.0 Å². The topological polar surface area (TPSA) is 32.3 Å². The third-order valence-electron chi connectivity index (χ3n) is 3.42. The zero-order valence-electron chi connectivity index (χ0n) is 13.3. The standard InChI is InChI=1S/C18H24N2OS/c1-3-11-20(12-4-2)16-9-7-15(8-10-16)19-18(21)14-17-6-5-13-22-17/h5-10,13H,3-4,11-12,14H2,1-2H3,(H,19,21). The van der Waals surface area contributed by atoms with Crippen LogP contribution in [0.15, 0.2) is 41.8 Å². The van der Waals surface area contributed by atoms with Crippen molar-refractivity contribution in [1.82, 2.24) is 0 Å². The first-order valence-corrected chi connectivity index (χ1v) is 8.78. The van der Waals surface area contributed by atoms with Crippen LogP contribution in [0.5, 0.6) is 0 Å². The van der Waals surface area contributed by atoms with E-state index in [2.05, 4.69) is 36.2 Å². The Kier molecular flexibility index (Phi) is 6.46. The van der Waals surface area contributed by atoms with Crippen LogP contribution in [0, 0.1) is 0 Å². The van der Waals surface area contributed by atoms with Crippen LogP contribution in [0.4, 0.5) is 11.4 Å². The Balaban J connectivity index is 1.94. The molecule has 0 aliphatic rings. The number of nitrogens with one attached hydrogen (secondary N) is 1. The monoisotopic (exact) mass is 316 g/mol. The second kappa shape index (κ2) is 8.59. The Morgan fingerprint density at radius 1 is 1.09 bits per heavy atom. The van der Waals surface area contributed by atoms with E-state index in [1.165, 1.54) is 5.69 Å². The van der Waals surface area contributed by atoms with Gasteiger partial charge < -0.3 is 10.2 Å². The van der Waals surface area contributed by atoms with Gasteiger partial charge in [0.25, 0.3) is 0 Å². The van der Waals surface area contributed by atoms with Crippen molar-refractivity contribution in [3.63, 3.8) is 0 Å². The molecule has 0 radical (unpaired) electrons. The van der Waals surface area contributed by atoms with Crippen LogP contribution in [0.2, 0.25) is 0 Å². The van der Waals surface area contributed by atoms with Gasteiger partial charge in [0.15, 0.2) is 0 Å². The highest BCUT2D eigenvalue weighted by Gasteiger charge is 2.07. The van der Waals surface area contributed by atoms with Crippen LogP contribution < -0.4 is 10.2 Å². The van der Waals surface area contributed by atoms with E-state index in [1.54, 1.807) is 11.3 Å². The summed E-state index contributed by atoms with van der Waals surface area (Å²) in [4.78, 5) is 15.5. The fourth-order valence-electron chi connectivity index (χ4n) is 2.44. The maximum atomic E-state index is 12.0.